The highest BCUT2D eigenvalue weighted by Crippen LogP contribution is 2.08. The van der Waals surface area contributed by atoms with Crippen molar-refractivity contribution in [2.75, 3.05) is 20.1 Å². The molecule has 0 fully saturated rings. The van der Waals surface area contributed by atoms with Crippen LogP contribution < -0.4 is 0 Å². The Morgan fingerprint density at radius 2 is 1.50 bits per heavy atom. The Bertz CT molecular complexity index is 771. The molecule has 0 atom stereocenters. The largest absolute Gasteiger partial charge is 0.337 e. The van der Waals surface area contributed by atoms with Crippen LogP contribution in [-0.2, 0) is 26.7 Å². The van der Waals surface area contributed by atoms with Crippen molar-refractivity contribution in [1.29, 1.82) is 0 Å². The summed E-state index contributed by atoms with van der Waals surface area (Å²) in [5, 5.41) is 0. The van der Waals surface area contributed by atoms with Gasteiger partial charge in [0, 0.05) is 58.0 Å². The fourth-order valence-electron chi connectivity index (χ4n) is 2.84. The molecule has 0 aliphatic heterocycles. The van der Waals surface area contributed by atoms with Crippen LogP contribution >= 0.6 is 0 Å². The molecule has 0 aromatic carbocycles. The maximum atomic E-state index is 4.47. The van der Waals surface area contributed by atoms with Crippen molar-refractivity contribution in [1.82, 2.24) is 29.3 Å². The summed E-state index contributed by atoms with van der Waals surface area (Å²) in [4.78, 5) is 18.0. The van der Waals surface area contributed by atoms with Crippen LogP contribution in [0.4, 0.5) is 0 Å². The predicted molar refractivity (Wildman–Crippen MR) is 102 cm³/mol. The van der Waals surface area contributed by atoms with Crippen LogP contribution in [0, 0.1) is 0 Å². The average molecular weight is 350 g/mol. The van der Waals surface area contributed by atoms with Gasteiger partial charge in [0.2, 0.25) is 0 Å². The van der Waals surface area contributed by atoms with Crippen molar-refractivity contribution in [3.05, 3.63) is 78.4 Å². The van der Waals surface area contributed by atoms with Crippen LogP contribution in [0.5, 0.6) is 0 Å². The lowest BCUT2D eigenvalue weighted by Gasteiger charge is -2.25. The summed E-state index contributed by atoms with van der Waals surface area (Å²) in [7, 11) is 4.17. The minimum Gasteiger partial charge on any atom is -0.337 e. The van der Waals surface area contributed by atoms with Gasteiger partial charge >= 0.3 is 0 Å². The van der Waals surface area contributed by atoms with Crippen LogP contribution in [0.3, 0.4) is 0 Å². The van der Waals surface area contributed by atoms with Gasteiger partial charge in [0.25, 0.3) is 0 Å². The monoisotopic (exact) mass is 350 g/mol. The standard InChI is InChI=1S/C20H26N6/c1-24(15-18-7-3-5-9-21-18)13-14-26(16-19-8-4-6-10-22-19)17-20-23-11-12-25(20)2/h3-12H,13-17H2,1-2H3. The first kappa shape index (κ1) is 18.2. The van der Waals surface area contributed by atoms with Crippen LogP contribution in [0.15, 0.2) is 61.2 Å². The van der Waals surface area contributed by atoms with Gasteiger partial charge < -0.3 is 4.57 Å². The molecule has 0 bridgehead atoms. The summed E-state index contributed by atoms with van der Waals surface area (Å²) in [5.41, 5.74) is 2.17. The van der Waals surface area contributed by atoms with E-state index < -0.39 is 0 Å². The van der Waals surface area contributed by atoms with Crippen LogP contribution in [0.25, 0.3) is 0 Å². The van der Waals surface area contributed by atoms with Crippen LogP contribution in [0.1, 0.15) is 17.2 Å². The van der Waals surface area contributed by atoms with Crippen LogP contribution in [0.2, 0.25) is 0 Å². The molecule has 0 amide bonds. The Morgan fingerprint density at radius 1 is 0.808 bits per heavy atom. The van der Waals surface area contributed by atoms with Crippen molar-refractivity contribution in [2.24, 2.45) is 7.05 Å². The van der Waals surface area contributed by atoms with E-state index in [0.717, 1.165) is 49.9 Å². The highest BCUT2D eigenvalue weighted by atomic mass is 15.2. The Labute approximate surface area is 155 Å². The van der Waals surface area contributed by atoms with Crippen molar-refractivity contribution in [3.8, 4) is 0 Å². The highest BCUT2D eigenvalue weighted by molar-refractivity contribution is 5.04. The van der Waals surface area contributed by atoms with E-state index in [1.54, 1.807) is 0 Å². The van der Waals surface area contributed by atoms with Crippen molar-refractivity contribution < 1.29 is 0 Å². The first-order chi connectivity index (χ1) is 12.7. The van der Waals surface area contributed by atoms with E-state index in [1.165, 1.54) is 0 Å². The normalized spacial score (nSPS) is 11.4. The minimum atomic E-state index is 0.803. The molecule has 3 aromatic rings. The zero-order chi connectivity index (χ0) is 18.2. The van der Waals surface area contributed by atoms with E-state index in [2.05, 4.69) is 48.5 Å². The zero-order valence-corrected chi connectivity index (χ0v) is 15.5. The fourth-order valence-corrected chi connectivity index (χ4v) is 2.84. The van der Waals surface area contributed by atoms with E-state index in [-0.39, 0.29) is 0 Å². The second kappa shape index (κ2) is 9.22. The van der Waals surface area contributed by atoms with Gasteiger partial charge in [0.1, 0.15) is 5.82 Å². The molecule has 0 unspecified atom stereocenters. The van der Waals surface area contributed by atoms with Gasteiger partial charge in [-0.1, -0.05) is 12.1 Å². The van der Waals surface area contributed by atoms with Gasteiger partial charge in [0.15, 0.2) is 0 Å². The Hall–Kier alpha value is -2.57. The molecule has 3 aromatic heterocycles. The Balaban J connectivity index is 1.60. The first-order valence-electron chi connectivity index (χ1n) is 8.87. The molecule has 3 heterocycles. The third-order valence-electron chi connectivity index (χ3n) is 4.35. The molecule has 0 N–H and O–H groups in total. The molecule has 136 valence electrons. The van der Waals surface area contributed by atoms with E-state index in [1.807, 2.05) is 56.1 Å². The third-order valence-corrected chi connectivity index (χ3v) is 4.35. The molecular weight excluding hydrogens is 324 g/mol. The lowest BCUT2D eigenvalue weighted by atomic mass is 10.3. The molecule has 0 saturated carbocycles. The fraction of sp³-hybridized carbons (Fsp3) is 0.350. The number of aryl methyl sites for hydroxylation is 1. The van der Waals surface area contributed by atoms with Gasteiger partial charge in [0.05, 0.1) is 17.9 Å². The zero-order valence-electron chi connectivity index (χ0n) is 15.5. The summed E-state index contributed by atoms with van der Waals surface area (Å²) >= 11 is 0. The second-order valence-electron chi connectivity index (χ2n) is 6.54. The number of hydrogen-bond donors (Lipinski definition) is 0. The average Bonchev–Trinajstić information content (AvgIpc) is 3.06. The summed E-state index contributed by atoms with van der Waals surface area (Å²) < 4.78 is 2.07. The van der Waals surface area contributed by atoms with E-state index in [9.17, 15) is 0 Å². The summed E-state index contributed by atoms with van der Waals surface area (Å²) in [6.45, 7) is 4.35. The van der Waals surface area contributed by atoms with E-state index in [0.29, 0.717) is 0 Å². The van der Waals surface area contributed by atoms with Gasteiger partial charge in [-0.25, -0.2) is 4.98 Å². The Kier molecular flexibility index (Phi) is 6.46. The summed E-state index contributed by atoms with van der Waals surface area (Å²) in [5.74, 6) is 1.06. The molecule has 3 rings (SSSR count). The molecule has 0 radical (unpaired) electrons. The lowest BCUT2D eigenvalue weighted by molar-refractivity contribution is 0.201. The van der Waals surface area contributed by atoms with E-state index >= 15 is 0 Å². The molecule has 0 saturated heterocycles. The van der Waals surface area contributed by atoms with Gasteiger partial charge in [-0.3, -0.25) is 19.8 Å². The Morgan fingerprint density at radius 3 is 2.08 bits per heavy atom. The number of rotatable bonds is 9. The summed E-state index contributed by atoms with van der Waals surface area (Å²) in [6, 6.07) is 12.1. The molecular formula is C20H26N6. The highest BCUT2D eigenvalue weighted by Gasteiger charge is 2.12. The quantitative estimate of drug-likeness (QED) is 0.593. The predicted octanol–water partition coefficient (Wildman–Crippen LogP) is 2.34. The van der Waals surface area contributed by atoms with Crippen molar-refractivity contribution >= 4 is 0 Å². The van der Waals surface area contributed by atoms with Gasteiger partial charge in [-0.05, 0) is 31.3 Å². The van der Waals surface area contributed by atoms with Crippen molar-refractivity contribution in [3.63, 3.8) is 0 Å². The maximum Gasteiger partial charge on any atom is 0.122 e. The number of imidazole rings is 1. The number of pyridine rings is 2. The molecule has 6 nitrogen and oxygen atoms in total. The van der Waals surface area contributed by atoms with Gasteiger partial charge in [-0.15, -0.1) is 0 Å². The summed E-state index contributed by atoms with van der Waals surface area (Å²) in [6.07, 6.45) is 7.53. The maximum absolute atomic E-state index is 4.47. The lowest BCUT2D eigenvalue weighted by Crippen LogP contribution is -2.33. The second-order valence-corrected chi connectivity index (χ2v) is 6.54. The van der Waals surface area contributed by atoms with Gasteiger partial charge in [-0.2, -0.15) is 0 Å². The SMILES string of the molecule is CN(CCN(Cc1ccccn1)Cc1nccn1C)Cc1ccccn1. The number of nitrogens with zero attached hydrogens (tertiary/aromatic N) is 6. The van der Waals surface area contributed by atoms with E-state index in [4.69, 9.17) is 0 Å². The van der Waals surface area contributed by atoms with Crippen molar-refractivity contribution in [2.45, 2.75) is 19.6 Å². The molecule has 0 aliphatic carbocycles. The molecule has 0 aliphatic rings. The molecule has 26 heavy (non-hydrogen) atoms. The number of aromatic nitrogens is 4. The first-order valence-corrected chi connectivity index (χ1v) is 8.87. The number of likely N-dealkylation sites (N-methyl/N-ethyl adjacent to an activating group) is 1. The minimum absolute atomic E-state index is 0.803. The smallest absolute Gasteiger partial charge is 0.122 e. The third kappa shape index (κ3) is 5.47. The van der Waals surface area contributed by atoms with Crippen LogP contribution in [-0.4, -0.2) is 49.5 Å². The topological polar surface area (TPSA) is 50.1 Å². The molecule has 6 heteroatoms. The molecule has 0 spiro atoms. The number of hydrogen-bond acceptors (Lipinski definition) is 5.